The van der Waals surface area contributed by atoms with Crippen LogP contribution in [0.25, 0.3) is 10.9 Å². The van der Waals surface area contributed by atoms with Gasteiger partial charge in [-0.3, -0.25) is 0 Å². The van der Waals surface area contributed by atoms with E-state index in [0.29, 0.717) is 0 Å². The lowest BCUT2D eigenvalue weighted by molar-refractivity contribution is 0.473. The van der Waals surface area contributed by atoms with E-state index in [-0.39, 0.29) is 5.75 Å². The van der Waals surface area contributed by atoms with Gasteiger partial charge in [-0.05, 0) is 46.3 Å². The van der Waals surface area contributed by atoms with Crippen molar-refractivity contribution in [3.05, 3.63) is 58.7 Å². The molecule has 0 spiro atoms. The van der Waals surface area contributed by atoms with Crippen LogP contribution >= 0.6 is 27.7 Å². The molecule has 2 nitrogen and oxygen atoms in total. The number of aryl methyl sites for hydroxylation is 1. The molecule has 0 radical (unpaired) electrons. The van der Waals surface area contributed by atoms with E-state index in [4.69, 9.17) is 0 Å². The van der Waals surface area contributed by atoms with Crippen LogP contribution in [0.3, 0.4) is 0 Å². The minimum absolute atomic E-state index is 0.283. The first-order valence-corrected chi connectivity index (χ1v) is 8.07. The van der Waals surface area contributed by atoms with E-state index in [9.17, 15) is 5.11 Å². The van der Waals surface area contributed by atoms with Crippen molar-refractivity contribution in [2.24, 2.45) is 7.05 Å². The molecular formula is C16H14BrNOS. The van der Waals surface area contributed by atoms with Crippen LogP contribution in [-0.2, 0) is 12.8 Å². The van der Waals surface area contributed by atoms with Crippen LogP contribution in [0.5, 0.6) is 5.75 Å². The van der Waals surface area contributed by atoms with Crippen LogP contribution in [0, 0.1) is 0 Å². The molecule has 102 valence electrons. The summed E-state index contributed by atoms with van der Waals surface area (Å²) in [5, 5.41) is 10.8. The number of halogens is 1. The molecule has 0 aliphatic heterocycles. The quantitative estimate of drug-likeness (QED) is 0.679. The third kappa shape index (κ3) is 2.58. The molecule has 4 heteroatoms. The summed E-state index contributed by atoms with van der Waals surface area (Å²) >= 11 is 5.18. The Balaban J connectivity index is 1.90. The zero-order valence-electron chi connectivity index (χ0n) is 11.0. The summed E-state index contributed by atoms with van der Waals surface area (Å²) < 4.78 is 2.91. The predicted molar refractivity (Wildman–Crippen MR) is 88.3 cm³/mol. The van der Waals surface area contributed by atoms with Gasteiger partial charge in [-0.1, -0.05) is 18.2 Å². The zero-order chi connectivity index (χ0) is 14.1. The van der Waals surface area contributed by atoms with Gasteiger partial charge in [-0.25, -0.2) is 0 Å². The maximum atomic E-state index is 9.76. The van der Waals surface area contributed by atoms with Crippen molar-refractivity contribution < 1.29 is 5.11 Å². The number of fused-ring (bicyclic) bond motifs is 1. The summed E-state index contributed by atoms with van der Waals surface area (Å²) in [7, 11) is 2.06. The Kier molecular flexibility index (Phi) is 3.76. The fourth-order valence-corrected chi connectivity index (χ4v) is 3.49. The molecule has 0 aliphatic rings. The number of benzene rings is 2. The molecule has 1 aromatic heterocycles. The van der Waals surface area contributed by atoms with Gasteiger partial charge in [-0.15, -0.1) is 11.8 Å². The van der Waals surface area contributed by atoms with Crippen LogP contribution in [0.15, 0.2) is 57.9 Å². The van der Waals surface area contributed by atoms with E-state index in [1.54, 1.807) is 6.07 Å². The molecule has 20 heavy (non-hydrogen) atoms. The van der Waals surface area contributed by atoms with Gasteiger partial charge < -0.3 is 9.67 Å². The maximum absolute atomic E-state index is 9.76. The topological polar surface area (TPSA) is 25.2 Å². The third-order valence-corrected chi connectivity index (χ3v) is 5.02. The molecule has 0 amide bonds. The number of hydrogen-bond acceptors (Lipinski definition) is 2. The van der Waals surface area contributed by atoms with Crippen LogP contribution < -0.4 is 0 Å². The molecule has 1 heterocycles. The van der Waals surface area contributed by atoms with Gasteiger partial charge in [0.05, 0.1) is 4.47 Å². The molecule has 0 saturated heterocycles. The van der Waals surface area contributed by atoms with Gasteiger partial charge in [0.25, 0.3) is 0 Å². The highest BCUT2D eigenvalue weighted by atomic mass is 79.9. The molecular weight excluding hydrogens is 334 g/mol. The molecule has 3 rings (SSSR count). The summed E-state index contributed by atoms with van der Waals surface area (Å²) in [4.78, 5) is 1.27. The summed E-state index contributed by atoms with van der Waals surface area (Å²) in [6.07, 6.45) is 0. The second-order valence-electron chi connectivity index (χ2n) is 4.66. The second-order valence-corrected chi connectivity index (χ2v) is 6.56. The Labute approximate surface area is 130 Å². The Hall–Kier alpha value is -1.39. The predicted octanol–water partition coefficient (Wildman–Crippen LogP) is 4.94. The largest absolute Gasteiger partial charge is 0.507 e. The van der Waals surface area contributed by atoms with E-state index in [1.165, 1.54) is 10.6 Å². The van der Waals surface area contributed by atoms with Gasteiger partial charge in [0.15, 0.2) is 0 Å². The van der Waals surface area contributed by atoms with E-state index in [2.05, 4.69) is 57.9 Å². The Morgan fingerprint density at radius 3 is 2.65 bits per heavy atom. The van der Waals surface area contributed by atoms with Crippen molar-refractivity contribution in [3.8, 4) is 5.75 Å². The minimum Gasteiger partial charge on any atom is -0.507 e. The van der Waals surface area contributed by atoms with Crippen molar-refractivity contribution in [2.75, 3.05) is 0 Å². The first-order chi connectivity index (χ1) is 9.65. The van der Waals surface area contributed by atoms with Crippen LogP contribution in [0.1, 0.15) is 5.69 Å². The number of hydrogen-bond donors (Lipinski definition) is 1. The Morgan fingerprint density at radius 1 is 1.15 bits per heavy atom. The molecule has 3 aromatic rings. The van der Waals surface area contributed by atoms with Crippen molar-refractivity contribution in [3.63, 3.8) is 0 Å². The standard InChI is InChI=1S/C16H14BrNOS/c1-18-12(10-20-13-5-3-2-4-6-13)7-11-8-16(19)14(17)9-15(11)18/h2-9,19H,10H2,1H3. The van der Waals surface area contributed by atoms with Crippen LogP contribution in [0.2, 0.25) is 0 Å². The molecule has 0 fully saturated rings. The number of aromatic nitrogens is 1. The number of phenolic OH excluding ortho intramolecular Hbond substituents is 1. The van der Waals surface area contributed by atoms with E-state index >= 15 is 0 Å². The summed E-state index contributed by atoms with van der Waals surface area (Å²) in [6.45, 7) is 0. The Bertz CT molecular complexity index is 752. The average Bonchev–Trinajstić information content (AvgIpc) is 2.75. The molecule has 0 saturated carbocycles. The lowest BCUT2D eigenvalue weighted by atomic mass is 10.2. The average molecular weight is 348 g/mol. The lowest BCUT2D eigenvalue weighted by Crippen LogP contribution is -1.93. The van der Waals surface area contributed by atoms with E-state index in [1.807, 2.05) is 23.9 Å². The Morgan fingerprint density at radius 2 is 1.90 bits per heavy atom. The fraction of sp³-hybridized carbons (Fsp3) is 0.125. The highest BCUT2D eigenvalue weighted by Gasteiger charge is 2.09. The molecule has 0 atom stereocenters. The number of phenols is 1. The fourth-order valence-electron chi connectivity index (χ4n) is 2.22. The summed E-state index contributed by atoms with van der Waals surface area (Å²) in [6, 6.07) is 16.3. The summed E-state index contributed by atoms with van der Waals surface area (Å²) in [5.74, 6) is 1.19. The number of thioether (sulfide) groups is 1. The zero-order valence-corrected chi connectivity index (χ0v) is 13.4. The first kappa shape index (κ1) is 13.6. The lowest BCUT2D eigenvalue weighted by Gasteiger charge is -2.05. The van der Waals surface area contributed by atoms with Gasteiger partial charge in [-0.2, -0.15) is 0 Å². The van der Waals surface area contributed by atoms with E-state index < -0.39 is 0 Å². The molecule has 0 bridgehead atoms. The van der Waals surface area contributed by atoms with Gasteiger partial charge >= 0.3 is 0 Å². The molecule has 1 N–H and O–H groups in total. The van der Waals surface area contributed by atoms with Gasteiger partial charge in [0, 0.05) is 34.3 Å². The highest BCUT2D eigenvalue weighted by Crippen LogP contribution is 2.32. The van der Waals surface area contributed by atoms with E-state index in [0.717, 1.165) is 21.1 Å². The molecule has 2 aromatic carbocycles. The number of nitrogens with zero attached hydrogens (tertiary/aromatic N) is 1. The number of aromatic hydroxyl groups is 1. The highest BCUT2D eigenvalue weighted by molar-refractivity contribution is 9.10. The number of rotatable bonds is 3. The van der Waals surface area contributed by atoms with Crippen molar-refractivity contribution in [1.29, 1.82) is 0 Å². The first-order valence-electron chi connectivity index (χ1n) is 6.30. The van der Waals surface area contributed by atoms with Crippen LogP contribution in [0.4, 0.5) is 0 Å². The smallest absolute Gasteiger partial charge is 0.130 e. The molecule has 0 unspecified atom stereocenters. The maximum Gasteiger partial charge on any atom is 0.130 e. The normalized spacial score (nSPS) is 11.1. The SMILES string of the molecule is Cn1c(CSc2ccccc2)cc2cc(O)c(Br)cc21. The van der Waals surface area contributed by atoms with Gasteiger partial charge in [0.2, 0.25) is 0 Å². The van der Waals surface area contributed by atoms with Crippen LogP contribution in [-0.4, -0.2) is 9.67 Å². The summed E-state index contributed by atoms with van der Waals surface area (Å²) in [5.41, 5.74) is 2.37. The second kappa shape index (κ2) is 5.54. The van der Waals surface area contributed by atoms with Crippen molar-refractivity contribution in [2.45, 2.75) is 10.6 Å². The van der Waals surface area contributed by atoms with Crippen molar-refractivity contribution in [1.82, 2.24) is 4.57 Å². The van der Waals surface area contributed by atoms with Gasteiger partial charge in [0.1, 0.15) is 5.75 Å². The van der Waals surface area contributed by atoms with Crippen molar-refractivity contribution >= 4 is 38.6 Å². The third-order valence-electron chi connectivity index (χ3n) is 3.34. The molecule has 0 aliphatic carbocycles. The monoisotopic (exact) mass is 347 g/mol. The minimum atomic E-state index is 0.283.